The molecule has 1 fully saturated rings. The van der Waals surface area contributed by atoms with Crippen LogP contribution < -0.4 is 10.2 Å². The molecule has 2 nitrogen and oxygen atoms in total. The van der Waals surface area contributed by atoms with E-state index in [4.69, 9.17) is 5.73 Å². The molecule has 2 heterocycles. The number of rotatable bonds is 3. The third-order valence-electron chi connectivity index (χ3n) is 5.00. The summed E-state index contributed by atoms with van der Waals surface area (Å²) in [5, 5.41) is 0. The summed E-state index contributed by atoms with van der Waals surface area (Å²) in [4.78, 5) is 0. The lowest BCUT2D eigenvalue weighted by molar-refractivity contribution is 0.640. The first-order valence-electron chi connectivity index (χ1n) is 7.06. The zero-order valence-corrected chi connectivity index (χ0v) is 11.6. The third-order valence-corrected chi connectivity index (χ3v) is 5.00. The fourth-order valence-corrected chi connectivity index (χ4v) is 3.46. The number of para-hydroxylation sites is 1. The average molecular weight is 243 g/mol. The maximum atomic E-state index is 6.14. The summed E-state index contributed by atoms with van der Waals surface area (Å²) in [6, 6.07) is 10.6. The summed E-state index contributed by atoms with van der Waals surface area (Å²) in [5.41, 5.74) is 10.5. The Kier molecular flexibility index (Phi) is 2.61. The van der Waals surface area contributed by atoms with E-state index in [9.17, 15) is 0 Å². The molecular formula is C16H23N2+. The summed E-state index contributed by atoms with van der Waals surface area (Å²) in [6.07, 6.45) is 4.52. The average Bonchev–Trinajstić information content (AvgIpc) is 2.77. The molecule has 96 valence electrons. The van der Waals surface area contributed by atoms with Crippen molar-refractivity contribution in [1.29, 1.82) is 0 Å². The number of hydrogen-bond acceptors (Lipinski definition) is 1. The Morgan fingerprint density at radius 3 is 2.50 bits per heavy atom. The van der Waals surface area contributed by atoms with E-state index in [0.717, 1.165) is 17.3 Å². The molecule has 3 rings (SSSR count). The quantitative estimate of drug-likeness (QED) is 0.640. The Hall–Kier alpha value is -1.12. The van der Waals surface area contributed by atoms with E-state index in [1.807, 2.05) is 0 Å². The molecule has 2 aliphatic heterocycles. The van der Waals surface area contributed by atoms with Crippen LogP contribution in [0.5, 0.6) is 0 Å². The molecule has 1 spiro atoms. The molecule has 3 unspecified atom stereocenters. The van der Waals surface area contributed by atoms with Gasteiger partial charge in [0, 0.05) is 23.2 Å². The Morgan fingerprint density at radius 1 is 1.22 bits per heavy atom. The van der Waals surface area contributed by atoms with Crippen LogP contribution in [-0.4, -0.2) is 18.1 Å². The molecule has 0 saturated carbocycles. The van der Waals surface area contributed by atoms with E-state index in [1.54, 1.807) is 0 Å². The highest BCUT2D eigenvalue weighted by Gasteiger charge is 2.64. The van der Waals surface area contributed by atoms with Crippen molar-refractivity contribution in [3.8, 4) is 0 Å². The van der Waals surface area contributed by atoms with Crippen LogP contribution in [0.25, 0.3) is 5.57 Å². The first-order valence-corrected chi connectivity index (χ1v) is 7.06. The predicted octanol–water partition coefficient (Wildman–Crippen LogP) is 3.27. The number of hydrogen-bond donors (Lipinski definition) is 1. The SMILES string of the molecule is CCC(N)CC1=C[N+]2(c3ccccc31)C(C)C2C. The highest BCUT2D eigenvalue weighted by molar-refractivity contribution is 5.85. The van der Waals surface area contributed by atoms with Crippen LogP contribution >= 0.6 is 0 Å². The minimum absolute atomic E-state index is 0.285. The van der Waals surface area contributed by atoms with Gasteiger partial charge in [0.15, 0.2) is 0 Å². The molecule has 1 aromatic carbocycles. The van der Waals surface area contributed by atoms with Crippen molar-refractivity contribution >= 4 is 11.3 Å². The second-order valence-corrected chi connectivity index (χ2v) is 5.86. The largest absolute Gasteiger partial charge is 0.327 e. The second-order valence-electron chi connectivity index (χ2n) is 5.86. The third kappa shape index (κ3) is 1.42. The van der Waals surface area contributed by atoms with Crippen molar-refractivity contribution < 1.29 is 0 Å². The second kappa shape index (κ2) is 3.94. The zero-order chi connectivity index (χ0) is 12.9. The molecule has 2 heteroatoms. The van der Waals surface area contributed by atoms with Crippen molar-refractivity contribution in [2.24, 2.45) is 5.73 Å². The van der Waals surface area contributed by atoms with Gasteiger partial charge in [-0.2, -0.15) is 0 Å². The van der Waals surface area contributed by atoms with E-state index in [-0.39, 0.29) is 6.04 Å². The van der Waals surface area contributed by atoms with Crippen LogP contribution in [0, 0.1) is 0 Å². The smallest absolute Gasteiger partial charge is 0.148 e. The van der Waals surface area contributed by atoms with Crippen LogP contribution in [0.3, 0.4) is 0 Å². The lowest BCUT2D eigenvalue weighted by Crippen LogP contribution is -2.20. The topological polar surface area (TPSA) is 26.0 Å². The van der Waals surface area contributed by atoms with E-state index in [0.29, 0.717) is 12.1 Å². The number of benzene rings is 1. The monoisotopic (exact) mass is 243 g/mol. The summed E-state index contributed by atoms with van der Waals surface area (Å²) in [5.74, 6) is 0. The van der Waals surface area contributed by atoms with Crippen LogP contribution in [-0.2, 0) is 0 Å². The highest BCUT2D eigenvalue weighted by atomic mass is 15.5. The number of nitrogens with two attached hydrogens (primary N) is 1. The first kappa shape index (κ1) is 11.9. The lowest BCUT2D eigenvalue weighted by atomic mass is 9.99. The van der Waals surface area contributed by atoms with Gasteiger partial charge in [0.2, 0.25) is 0 Å². The predicted molar refractivity (Wildman–Crippen MR) is 78.0 cm³/mol. The Bertz CT molecular complexity index is 496. The minimum Gasteiger partial charge on any atom is -0.327 e. The maximum Gasteiger partial charge on any atom is 0.148 e. The summed E-state index contributed by atoms with van der Waals surface area (Å²) in [6.45, 7) is 6.86. The zero-order valence-electron chi connectivity index (χ0n) is 11.6. The van der Waals surface area contributed by atoms with Gasteiger partial charge in [-0.15, -0.1) is 0 Å². The van der Waals surface area contributed by atoms with Crippen molar-refractivity contribution in [1.82, 2.24) is 4.48 Å². The molecular weight excluding hydrogens is 220 g/mol. The lowest BCUT2D eigenvalue weighted by Gasteiger charge is -2.11. The fourth-order valence-electron chi connectivity index (χ4n) is 3.46. The normalized spacial score (nSPS) is 34.3. The fraction of sp³-hybridized carbons (Fsp3) is 0.500. The van der Waals surface area contributed by atoms with Gasteiger partial charge in [0.1, 0.15) is 24.0 Å². The number of quaternary nitrogens is 1. The minimum atomic E-state index is 0.285. The van der Waals surface area contributed by atoms with Crippen molar-refractivity contribution in [2.45, 2.75) is 51.7 Å². The van der Waals surface area contributed by atoms with Crippen molar-refractivity contribution in [2.75, 3.05) is 0 Å². The van der Waals surface area contributed by atoms with Crippen molar-refractivity contribution in [3.63, 3.8) is 0 Å². The molecule has 1 aromatic rings. The molecule has 0 amide bonds. The van der Waals surface area contributed by atoms with Gasteiger partial charge in [-0.25, -0.2) is 4.48 Å². The van der Waals surface area contributed by atoms with E-state index >= 15 is 0 Å². The van der Waals surface area contributed by atoms with Gasteiger partial charge < -0.3 is 5.73 Å². The highest BCUT2D eigenvalue weighted by Crippen LogP contribution is 2.54. The summed E-state index contributed by atoms with van der Waals surface area (Å²) in [7, 11) is 0. The molecule has 18 heavy (non-hydrogen) atoms. The van der Waals surface area contributed by atoms with Gasteiger partial charge >= 0.3 is 0 Å². The van der Waals surface area contributed by atoms with Gasteiger partial charge in [-0.3, -0.25) is 0 Å². The molecule has 0 aliphatic carbocycles. The van der Waals surface area contributed by atoms with Crippen LogP contribution in [0.1, 0.15) is 39.2 Å². The standard InChI is InChI=1S/C16H23N2/c1-4-14(17)9-13-10-18(11(2)12(18)3)16-8-6-5-7-15(13)16/h5-8,10-12,14H,4,9,17H2,1-3H3/q+1. The molecule has 0 radical (unpaired) electrons. The van der Waals surface area contributed by atoms with Gasteiger partial charge in [0.05, 0.1) is 0 Å². The maximum absolute atomic E-state index is 6.14. The molecule has 2 N–H and O–H groups in total. The number of nitrogens with zero attached hydrogens (tertiary/aromatic N) is 1. The van der Waals surface area contributed by atoms with Crippen LogP contribution in [0.15, 0.2) is 30.5 Å². The van der Waals surface area contributed by atoms with E-state index in [1.165, 1.54) is 16.8 Å². The Balaban J connectivity index is 2.02. The molecule has 0 bridgehead atoms. The van der Waals surface area contributed by atoms with Crippen molar-refractivity contribution in [3.05, 3.63) is 36.0 Å². The number of fused-ring (bicyclic) bond motifs is 2. The Labute approximate surface area is 110 Å². The summed E-state index contributed by atoms with van der Waals surface area (Å²) >= 11 is 0. The van der Waals surface area contributed by atoms with Gasteiger partial charge in [0.25, 0.3) is 0 Å². The van der Waals surface area contributed by atoms with E-state index in [2.05, 4.69) is 51.2 Å². The van der Waals surface area contributed by atoms with Crippen LogP contribution in [0.4, 0.5) is 5.69 Å². The summed E-state index contributed by atoms with van der Waals surface area (Å²) < 4.78 is 1.06. The molecule has 0 aromatic heterocycles. The van der Waals surface area contributed by atoms with Gasteiger partial charge in [-0.1, -0.05) is 19.1 Å². The van der Waals surface area contributed by atoms with E-state index < -0.39 is 0 Å². The first-order chi connectivity index (χ1) is 8.61. The van der Waals surface area contributed by atoms with Gasteiger partial charge in [-0.05, 0) is 32.8 Å². The molecule has 3 atom stereocenters. The molecule has 2 aliphatic rings. The molecule has 1 saturated heterocycles. The Morgan fingerprint density at radius 2 is 1.89 bits per heavy atom. The van der Waals surface area contributed by atoms with Crippen LogP contribution in [0.2, 0.25) is 0 Å².